The number of nitrogens with one attached hydrogen (secondary N) is 2. The number of urea groups is 1. The third kappa shape index (κ3) is 5.19. The zero-order chi connectivity index (χ0) is 17.4. The van der Waals surface area contributed by atoms with Crippen LogP contribution in [-0.4, -0.2) is 19.7 Å². The smallest absolute Gasteiger partial charge is 0.315 e. The number of hydrogen-bond donors (Lipinski definition) is 2. The van der Waals surface area contributed by atoms with Crippen molar-refractivity contribution in [1.82, 2.24) is 10.6 Å². The van der Waals surface area contributed by atoms with Gasteiger partial charge in [0, 0.05) is 6.54 Å². The molecule has 0 saturated heterocycles. The van der Waals surface area contributed by atoms with Gasteiger partial charge in [0.05, 0.1) is 19.8 Å². The summed E-state index contributed by atoms with van der Waals surface area (Å²) in [4.78, 5) is 12.0. The predicted molar refractivity (Wildman–Crippen MR) is 94.4 cm³/mol. The first kappa shape index (κ1) is 17.7. The third-order valence-electron chi connectivity index (χ3n) is 3.65. The molecule has 2 aromatic rings. The average molecular weight is 328 g/mol. The Morgan fingerprint density at radius 3 is 2.25 bits per heavy atom. The zero-order valence-corrected chi connectivity index (χ0v) is 14.3. The van der Waals surface area contributed by atoms with Crippen LogP contribution in [0.5, 0.6) is 11.5 Å². The summed E-state index contributed by atoms with van der Waals surface area (Å²) in [6.45, 7) is 5.00. The van der Waals surface area contributed by atoms with E-state index in [4.69, 9.17) is 9.47 Å². The van der Waals surface area contributed by atoms with Gasteiger partial charge in [-0.05, 0) is 49.2 Å². The number of rotatable bonds is 7. The summed E-state index contributed by atoms with van der Waals surface area (Å²) in [7, 11) is 1.63. The number of benzene rings is 2. The van der Waals surface area contributed by atoms with E-state index in [0.29, 0.717) is 13.2 Å². The van der Waals surface area contributed by atoms with Crippen LogP contribution in [0.2, 0.25) is 0 Å². The molecule has 0 heterocycles. The first-order valence-electron chi connectivity index (χ1n) is 8.02. The highest BCUT2D eigenvalue weighted by atomic mass is 16.5. The Labute approximate surface area is 143 Å². The Balaban J connectivity index is 1.81. The quantitative estimate of drug-likeness (QED) is 0.815. The van der Waals surface area contributed by atoms with E-state index in [9.17, 15) is 4.79 Å². The number of amides is 2. The molecule has 0 aliphatic carbocycles. The maximum absolute atomic E-state index is 12.0. The number of carbonyl (C=O) groups excluding carboxylic acids is 1. The molecule has 0 bridgehead atoms. The molecule has 0 radical (unpaired) electrons. The van der Waals surface area contributed by atoms with Gasteiger partial charge in [-0.2, -0.15) is 0 Å². The first-order chi connectivity index (χ1) is 11.6. The van der Waals surface area contributed by atoms with Gasteiger partial charge in [0.15, 0.2) is 0 Å². The summed E-state index contributed by atoms with van der Waals surface area (Å²) >= 11 is 0. The second-order valence-electron chi connectivity index (χ2n) is 5.40. The van der Waals surface area contributed by atoms with Gasteiger partial charge in [-0.1, -0.05) is 24.3 Å². The minimum atomic E-state index is -0.202. The van der Waals surface area contributed by atoms with Crippen molar-refractivity contribution in [3.63, 3.8) is 0 Å². The number of carbonyl (C=O) groups is 1. The molecule has 1 unspecified atom stereocenters. The van der Waals surface area contributed by atoms with Gasteiger partial charge >= 0.3 is 6.03 Å². The van der Waals surface area contributed by atoms with Crippen LogP contribution in [0, 0.1) is 0 Å². The minimum Gasteiger partial charge on any atom is -0.497 e. The van der Waals surface area contributed by atoms with Crippen molar-refractivity contribution >= 4 is 6.03 Å². The molecule has 24 heavy (non-hydrogen) atoms. The van der Waals surface area contributed by atoms with Crippen molar-refractivity contribution in [2.45, 2.75) is 26.4 Å². The molecule has 2 N–H and O–H groups in total. The summed E-state index contributed by atoms with van der Waals surface area (Å²) in [5.41, 5.74) is 2.04. The lowest BCUT2D eigenvalue weighted by Crippen LogP contribution is -2.36. The first-order valence-corrected chi connectivity index (χ1v) is 8.02. The molecule has 0 aromatic heterocycles. The van der Waals surface area contributed by atoms with Crippen LogP contribution in [0.4, 0.5) is 4.79 Å². The molecule has 0 spiro atoms. The second kappa shape index (κ2) is 8.82. The normalized spacial score (nSPS) is 11.5. The molecule has 0 aliphatic heterocycles. The largest absolute Gasteiger partial charge is 0.497 e. The van der Waals surface area contributed by atoms with Gasteiger partial charge in [0.1, 0.15) is 11.5 Å². The summed E-state index contributed by atoms with van der Waals surface area (Å²) in [5.74, 6) is 1.63. The maximum atomic E-state index is 12.0. The van der Waals surface area contributed by atoms with Crippen molar-refractivity contribution in [2.24, 2.45) is 0 Å². The van der Waals surface area contributed by atoms with Crippen LogP contribution in [-0.2, 0) is 6.54 Å². The van der Waals surface area contributed by atoms with Crippen LogP contribution in [0.25, 0.3) is 0 Å². The van der Waals surface area contributed by atoms with E-state index in [1.54, 1.807) is 7.11 Å². The summed E-state index contributed by atoms with van der Waals surface area (Å²) in [6.07, 6.45) is 0. The molecule has 0 aliphatic rings. The fourth-order valence-electron chi connectivity index (χ4n) is 2.28. The van der Waals surface area contributed by atoms with E-state index >= 15 is 0 Å². The fraction of sp³-hybridized carbons (Fsp3) is 0.316. The lowest BCUT2D eigenvalue weighted by molar-refractivity contribution is 0.237. The van der Waals surface area contributed by atoms with E-state index in [0.717, 1.165) is 22.6 Å². The van der Waals surface area contributed by atoms with Crippen LogP contribution < -0.4 is 20.1 Å². The van der Waals surface area contributed by atoms with Crippen LogP contribution in [0.3, 0.4) is 0 Å². The summed E-state index contributed by atoms with van der Waals surface area (Å²) in [5, 5.41) is 5.78. The SMILES string of the molecule is CCOc1ccc(CNC(=O)NC(C)c2ccc(OC)cc2)cc1. The second-order valence-corrected chi connectivity index (χ2v) is 5.40. The van der Waals surface area contributed by atoms with Gasteiger partial charge in [-0.3, -0.25) is 0 Å². The number of methoxy groups -OCH3 is 1. The van der Waals surface area contributed by atoms with Crippen LogP contribution >= 0.6 is 0 Å². The van der Waals surface area contributed by atoms with Crippen molar-refractivity contribution in [3.05, 3.63) is 59.7 Å². The molecule has 0 saturated carbocycles. The van der Waals surface area contributed by atoms with Crippen molar-refractivity contribution < 1.29 is 14.3 Å². The van der Waals surface area contributed by atoms with E-state index in [1.807, 2.05) is 62.4 Å². The van der Waals surface area contributed by atoms with Gasteiger partial charge < -0.3 is 20.1 Å². The van der Waals surface area contributed by atoms with Gasteiger partial charge in [-0.15, -0.1) is 0 Å². The molecule has 1 atom stereocenters. The molecule has 128 valence electrons. The Morgan fingerprint density at radius 2 is 1.67 bits per heavy atom. The maximum Gasteiger partial charge on any atom is 0.315 e. The Bertz CT molecular complexity index is 639. The van der Waals surface area contributed by atoms with E-state index in [1.165, 1.54) is 0 Å². The molecular formula is C19H24N2O3. The van der Waals surface area contributed by atoms with Crippen LogP contribution in [0.15, 0.2) is 48.5 Å². The predicted octanol–water partition coefficient (Wildman–Crippen LogP) is 3.65. The topological polar surface area (TPSA) is 59.6 Å². The van der Waals surface area contributed by atoms with Crippen molar-refractivity contribution in [1.29, 1.82) is 0 Å². The van der Waals surface area contributed by atoms with E-state index in [-0.39, 0.29) is 12.1 Å². The fourth-order valence-corrected chi connectivity index (χ4v) is 2.28. The van der Waals surface area contributed by atoms with Gasteiger partial charge in [0.2, 0.25) is 0 Å². The summed E-state index contributed by atoms with van der Waals surface area (Å²) in [6, 6.07) is 15.0. The standard InChI is InChI=1S/C19H24N2O3/c1-4-24-18-9-5-15(6-10-18)13-20-19(22)21-14(2)16-7-11-17(23-3)12-8-16/h5-12,14H,4,13H2,1-3H3,(H2,20,21,22). The zero-order valence-electron chi connectivity index (χ0n) is 14.3. The third-order valence-corrected chi connectivity index (χ3v) is 3.65. The molecule has 5 heteroatoms. The van der Waals surface area contributed by atoms with Gasteiger partial charge in [-0.25, -0.2) is 4.79 Å². The summed E-state index contributed by atoms with van der Waals surface area (Å²) < 4.78 is 10.5. The molecule has 2 rings (SSSR count). The van der Waals surface area contributed by atoms with Crippen molar-refractivity contribution in [2.75, 3.05) is 13.7 Å². The Hall–Kier alpha value is -2.69. The minimum absolute atomic E-state index is 0.0868. The molecular weight excluding hydrogens is 304 g/mol. The lowest BCUT2D eigenvalue weighted by Gasteiger charge is -2.15. The highest BCUT2D eigenvalue weighted by molar-refractivity contribution is 5.74. The number of ether oxygens (including phenoxy) is 2. The lowest BCUT2D eigenvalue weighted by atomic mass is 10.1. The van der Waals surface area contributed by atoms with Gasteiger partial charge in [0.25, 0.3) is 0 Å². The molecule has 5 nitrogen and oxygen atoms in total. The van der Waals surface area contributed by atoms with Crippen LogP contribution in [0.1, 0.15) is 31.0 Å². The monoisotopic (exact) mass is 328 g/mol. The highest BCUT2D eigenvalue weighted by Gasteiger charge is 2.09. The Kier molecular flexibility index (Phi) is 6.49. The van der Waals surface area contributed by atoms with Crippen molar-refractivity contribution in [3.8, 4) is 11.5 Å². The Morgan fingerprint density at radius 1 is 1.04 bits per heavy atom. The average Bonchev–Trinajstić information content (AvgIpc) is 2.61. The van der Waals surface area contributed by atoms with E-state index < -0.39 is 0 Å². The number of hydrogen-bond acceptors (Lipinski definition) is 3. The highest BCUT2D eigenvalue weighted by Crippen LogP contribution is 2.17. The molecule has 2 aromatic carbocycles. The van der Waals surface area contributed by atoms with E-state index in [2.05, 4.69) is 10.6 Å². The molecule has 0 fully saturated rings. The molecule has 2 amide bonds.